The predicted molar refractivity (Wildman–Crippen MR) is 82.5 cm³/mol. The Kier molecular flexibility index (Phi) is 5.43. The van der Waals surface area contributed by atoms with Crippen LogP contribution in [0, 0.1) is 10.1 Å². The molecule has 0 amide bonds. The molecule has 2 aliphatic rings. The molecule has 0 radical (unpaired) electrons. The van der Waals surface area contributed by atoms with E-state index >= 15 is 0 Å². The van der Waals surface area contributed by atoms with Gasteiger partial charge in [-0.1, -0.05) is 30.3 Å². The molecule has 2 heterocycles. The SMILES string of the molecule is O=[N+]([O-])OC1COC2C(NCCCCc3ccccc3)COC12. The van der Waals surface area contributed by atoms with Crippen molar-refractivity contribution < 1.29 is 19.4 Å². The average Bonchev–Trinajstić information content (AvgIpc) is 3.11. The minimum Gasteiger partial charge on any atom is -0.371 e. The second-order valence-electron chi connectivity index (χ2n) is 5.97. The van der Waals surface area contributed by atoms with Crippen molar-refractivity contribution in [2.24, 2.45) is 0 Å². The number of benzene rings is 1. The van der Waals surface area contributed by atoms with E-state index in [-0.39, 0.29) is 24.9 Å². The zero-order chi connectivity index (χ0) is 16.1. The maximum absolute atomic E-state index is 10.4. The summed E-state index contributed by atoms with van der Waals surface area (Å²) in [5, 5.41) is 13.1. The smallest absolute Gasteiger partial charge is 0.294 e. The van der Waals surface area contributed by atoms with E-state index in [1.807, 2.05) is 6.07 Å². The second kappa shape index (κ2) is 7.72. The molecule has 0 aromatic heterocycles. The Balaban J connectivity index is 1.35. The van der Waals surface area contributed by atoms with Crippen molar-refractivity contribution in [1.29, 1.82) is 0 Å². The topological polar surface area (TPSA) is 82.9 Å². The van der Waals surface area contributed by atoms with E-state index in [1.165, 1.54) is 5.56 Å². The van der Waals surface area contributed by atoms with Gasteiger partial charge in [-0.25, -0.2) is 0 Å². The summed E-state index contributed by atoms with van der Waals surface area (Å²) in [4.78, 5) is 15.1. The van der Waals surface area contributed by atoms with Crippen LogP contribution < -0.4 is 5.32 Å². The van der Waals surface area contributed by atoms with Gasteiger partial charge < -0.3 is 19.6 Å². The first-order valence-corrected chi connectivity index (χ1v) is 8.06. The standard InChI is InChI=1S/C16H22N2O5/c19-18(20)23-14-11-22-15-13(10-21-16(14)15)17-9-5-4-8-12-6-2-1-3-7-12/h1-3,6-7,13-17H,4-5,8-11H2. The number of rotatable bonds is 8. The first-order valence-electron chi connectivity index (χ1n) is 8.06. The average molecular weight is 322 g/mol. The Morgan fingerprint density at radius 3 is 2.74 bits per heavy atom. The quantitative estimate of drug-likeness (QED) is 0.442. The zero-order valence-electron chi connectivity index (χ0n) is 12.9. The number of hydrogen-bond donors (Lipinski definition) is 1. The van der Waals surface area contributed by atoms with Crippen molar-refractivity contribution in [2.75, 3.05) is 19.8 Å². The maximum Gasteiger partial charge on any atom is 0.294 e. The van der Waals surface area contributed by atoms with Crippen LogP contribution in [0.15, 0.2) is 30.3 Å². The Bertz CT molecular complexity index is 512. The number of fused-ring (bicyclic) bond motifs is 1. The van der Waals surface area contributed by atoms with Gasteiger partial charge in [0.2, 0.25) is 0 Å². The largest absolute Gasteiger partial charge is 0.371 e. The fourth-order valence-corrected chi connectivity index (χ4v) is 3.23. The van der Waals surface area contributed by atoms with Crippen LogP contribution in [0.3, 0.4) is 0 Å². The highest BCUT2D eigenvalue weighted by molar-refractivity contribution is 5.14. The molecular formula is C16H22N2O5. The number of hydrogen-bond acceptors (Lipinski definition) is 6. The van der Waals surface area contributed by atoms with Crippen LogP contribution >= 0.6 is 0 Å². The van der Waals surface area contributed by atoms with Gasteiger partial charge in [-0.15, -0.1) is 10.1 Å². The molecule has 7 heteroatoms. The summed E-state index contributed by atoms with van der Waals surface area (Å²) in [6, 6.07) is 10.5. The Morgan fingerprint density at radius 1 is 1.17 bits per heavy atom. The molecule has 0 saturated carbocycles. The summed E-state index contributed by atoms with van der Waals surface area (Å²) in [6.07, 6.45) is 2.14. The Labute approximate surface area is 135 Å². The van der Waals surface area contributed by atoms with Gasteiger partial charge in [0.15, 0.2) is 6.10 Å². The lowest BCUT2D eigenvalue weighted by atomic mass is 10.1. The van der Waals surface area contributed by atoms with E-state index in [2.05, 4.69) is 34.4 Å². The van der Waals surface area contributed by atoms with Gasteiger partial charge in [0.25, 0.3) is 5.09 Å². The van der Waals surface area contributed by atoms with Crippen LogP contribution in [-0.2, 0) is 20.7 Å². The molecule has 4 atom stereocenters. The molecule has 0 bridgehead atoms. The highest BCUT2D eigenvalue weighted by atomic mass is 17.0. The Morgan fingerprint density at radius 2 is 1.96 bits per heavy atom. The molecule has 126 valence electrons. The van der Waals surface area contributed by atoms with Crippen molar-refractivity contribution in [3.05, 3.63) is 46.0 Å². The summed E-state index contributed by atoms with van der Waals surface area (Å²) in [5.41, 5.74) is 1.36. The molecule has 2 fully saturated rings. The van der Waals surface area contributed by atoms with Gasteiger partial charge in [0.1, 0.15) is 12.2 Å². The first kappa shape index (κ1) is 16.2. The van der Waals surface area contributed by atoms with Crippen LogP contribution in [0.25, 0.3) is 0 Å². The van der Waals surface area contributed by atoms with Gasteiger partial charge in [-0.3, -0.25) is 0 Å². The lowest BCUT2D eigenvalue weighted by Crippen LogP contribution is -2.42. The number of aryl methyl sites for hydroxylation is 1. The zero-order valence-corrected chi connectivity index (χ0v) is 12.9. The number of ether oxygens (including phenoxy) is 2. The third-order valence-corrected chi connectivity index (χ3v) is 4.37. The molecule has 1 N–H and O–H groups in total. The van der Waals surface area contributed by atoms with Gasteiger partial charge in [-0.2, -0.15) is 0 Å². The van der Waals surface area contributed by atoms with Crippen LogP contribution in [0.2, 0.25) is 0 Å². The van der Waals surface area contributed by atoms with Gasteiger partial charge in [0.05, 0.1) is 19.3 Å². The van der Waals surface area contributed by atoms with E-state index in [4.69, 9.17) is 9.47 Å². The lowest BCUT2D eigenvalue weighted by Gasteiger charge is -2.17. The van der Waals surface area contributed by atoms with Crippen LogP contribution in [0.5, 0.6) is 0 Å². The van der Waals surface area contributed by atoms with E-state index < -0.39 is 11.2 Å². The third-order valence-electron chi connectivity index (χ3n) is 4.37. The summed E-state index contributed by atoms with van der Waals surface area (Å²) in [6.45, 7) is 1.60. The summed E-state index contributed by atoms with van der Waals surface area (Å²) in [7, 11) is 0. The number of nitrogens with zero attached hydrogens (tertiary/aromatic N) is 1. The molecule has 4 unspecified atom stereocenters. The van der Waals surface area contributed by atoms with E-state index in [0.717, 1.165) is 25.8 Å². The van der Waals surface area contributed by atoms with Crippen LogP contribution in [0.1, 0.15) is 18.4 Å². The van der Waals surface area contributed by atoms with E-state index in [1.54, 1.807) is 0 Å². The van der Waals surface area contributed by atoms with Crippen molar-refractivity contribution in [1.82, 2.24) is 5.32 Å². The van der Waals surface area contributed by atoms with Crippen molar-refractivity contribution in [3.8, 4) is 0 Å². The van der Waals surface area contributed by atoms with Crippen molar-refractivity contribution in [2.45, 2.75) is 43.6 Å². The molecular weight excluding hydrogens is 300 g/mol. The molecule has 1 aromatic rings. The first-order chi connectivity index (χ1) is 11.2. The summed E-state index contributed by atoms with van der Waals surface area (Å²) in [5.74, 6) is 0. The van der Waals surface area contributed by atoms with Crippen molar-refractivity contribution in [3.63, 3.8) is 0 Å². The summed E-state index contributed by atoms with van der Waals surface area (Å²) >= 11 is 0. The Hall–Kier alpha value is -1.70. The van der Waals surface area contributed by atoms with Gasteiger partial charge in [0, 0.05) is 0 Å². The van der Waals surface area contributed by atoms with Crippen molar-refractivity contribution >= 4 is 0 Å². The normalized spacial score (nSPS) is 29.4. The molecule has 2 saturated heterocycles. The second-order valence-corrected chi connectivity index (χ2v) is 5.97. The molecule has 1 aromatic carbocycles. The molecule has 0 spiro atoms. The highest BCUT2D eigenvalue weighted by Gasteiger charge is 2.49. The maximum atomic E-state index is 10.4. The minimum atomic E-state index is -0.774. The molecule has 7 nitrogen and oxygen atoms in total. The predicted octanol–water partition coefficient (Wildman–Crippen LogP) is 1.34. The van der Waals surface area contributed by atoms with E-state index in [9.17, 15) is 10.1 Å². The monoisotopic (exact) mass is 322 g/mol. The van der Waals surface area contributed by atoms with Crippen LogP contribution in [-0.4, -0.2) is 49.2 Å². The molecule has 23 heavy (non-hydrogen) atoms. The van der Waals surface area contributed by atoms with E-state index in [0.29, 0.717) is 6.61 Å². The third kappa shape index (κ3) is 4.19. The fourth-order valence-electron chi connectivity index (χ4n) is 3.23. The van der Waals surface area contributed by atoms with Crippen LogP contribution in [0.4, 0.5) is 0 Å². The van der Waals surface area contributed by atoms with Gasteiger partial charge in [-0.05, 0) is 31.4 Å². The molecule has 3 rings (SSSR count). The lowest BCUT2D eigenvalue weighted by molar-refractivity contribution is -0.769. The summed E-state index contributed by atoms with van der Waals surface area (Å²) < 4.78 is 11.2. The molecule has 0 aliphatic carbocycles. The highest BCUT2D eigenvalue weighted by Crippen LogP contribution is 2.28. The fraction of sp³-hybridized carbons (Fsp3) is 0.625. The minimum absolute atomic E-state index is 0.0806. The number of unbranched alkanes of at least 4 members (excludes halogenated alkanes) is 1. The number of nitrogens with one attached hydrogen (secondary N) is 1. The molecule has 2 aliphatic heterocycles. The van der Waals surface area contributed by atoms with Gasteiger partial charge >= 0.3 is 0 Å².